The van der Waals surface area contributed by atoms with Crippen LogP contribution in [0, 0.1) is 0 Å². The molecule has 5 heteroatoms. The molecule has 3 rings (SSSR count). The van der Waals surface area contributed by atoms with Crippen molar-refractivity contribution in [1.29, 1.82) is 0 Å². The SMILES string of the molecule is COc1ccc(C(OCC(C)=NO)(c2ccccc2)c2ccc(OC)cc2)cc1. The van der Waals surface area contributed by atoms with Crippen LogP contribution in [-0.2, 0) is 10.3 Å². The Morgan fingerprint density at radius 2 is 1.21 bits per heavy atom. The van der Waals surface area contributed by atoms with E-state index >= 15 is 0 Å². The number of nitrogens with zero attached hydrogens (tertiary/aromatic N) is 1. The maximum atomic E-state index is 9.15. The van der Waals surface area contributed by atoms with Crippen LogP contribution in [0.3, 0.4) is 0 Å². The average molecular weight is 391 g/mol. The normalized spacial score (nSPS) is 11.9. The van der Waals surface area contributed by atoms with Gasteiger partial charge in [-0.25, -0.2) is 0 Å². The van der Waals surface area contributed by atoms with Crippen LogP contribution < -0.4 is 9.47 Å². The molecule has 0 radical (unpaired) electrons. The van der Waals surface area contributed by atoms with Gasteiger partial charge >= 0.3 is 0 Å². The first-order chi connectivity index (χ1) is 14.1. The Kier molecular flexibility index (Phi) is 6.52. The van der Waals surface area contributed by atoms with E-state index in [2.05, 4.69) is 5.16 Å². The number of methoxy groups -OCH3 is 2. The fourth-order valence-corrected chi connectivity index (χ4v) is 3.32. The summed E-state index contributed by atoms with van der Waals surface area (Å²) in [6, 6.07) is 25.6. The number of ether oxygens (including phenoxy) is 3. The molecule has 0 atom stereocenters. The summed E-state index contributed by atoms with van der Waals surface area (Å²) >= 11 is 0. The lowest BCUT2D eigenvalue weighted by Crippen LogP contribution is -2.34. The third-order valence-electron chi connectivity index (χ3n) is 4.84. The van der Waals surface area contributed by atoms with E-state index in [0.717, 1.165) is 28.2 Å². The Hall–Kier alpha value is -3.31. The van der Waals surface area contributed by atoms with Gasteiger partial charge < -0.3 is 19.4 Å². The number of benzene rings is 3. The predicted molar refractivity (Wildman–Crippen MR) is 113 cm³/mol. The van der Waals surface area contributed by atoms with Crippen molar-refractivity contribution in [2.24, 2.45) is 5.16 Å². The Morgan fingerprint density at radius 1 is 0.759 bits per heavy atom. The summed E-state index contributed by atoms with van der Waals surface area (Å²) in [6.45, 7) is 1.88. The minimum atomic E-state index is -0.911. The number of rotatable bonds is 8. The lowest BCUT2D eigenvalue weighted by Gasteiger charge is -2.36. The summed E-state index contributed by atoms with van der Waals surface area (Å²) in [4.78, 5) is 0. The first-order valence-electron chi connectivity index (χ1n) is 9.30. The highest BCUT2D eigenvalue weighted by Crippen LogP contribution is 2.41. The molecule has 0 saturated heterocycles. The Bertz CT molecular complexity index is 887. The molecule has 0 spiro atoms. The molecule has 0 heterocycles. The zero-order valence-electron chi connectivity index (χ0n) is 16.8. The topological polar surface area (TPSA) is 60.3 Å². The Labute approximate surface area is 171 Å². The zero-order valence-corrected chi connectivity index (χ0v) is 16.8. The highest BCUT2D eigenvalue weighted by atomic mass is 16.5. The van der Waals surface area contributed by atoms with Crippen LogP contribution in [0.1, 0.15) is 23.6 Å². The molecule has 0 aromatic heterocycles. The summed E-state index contributed by atoms with van der Waals surface area (Å²) in [7, 11) is 3.28. The number of hydrogen-bond acceptors (Lipinski definition) is 5. The van der Waals surface area contributed by atoms with E-state index < -0.39 is 5.60 Å². The highest BCUT2D eigenvalue weighted by Gasteiger charge is 2.38. The van der Waals surface area contributed by atoms with Crippen molar-refractivity contribution in [2.45, 2.75) is 12.5 Å². The van der Waals surface area contributed by atoms with Crippen LogP contribution in [0.5, 0.6) is 11.5 Å². The molecule has 3 aromatic rings. The minimum Gasteiger partial charge on any atom is -0.497 e. The lowest BCUT2D eigenvalue weighted by molar-refractivity contribution is 0.0375. The van der Waals surface area contributed by atoms with Crippen molar-refractivity contribution in [3.8, 4) is 11.5 Å². The second kappa shape index (κ2) is 9.26. The van der Waals surface area contributed by atoms with E-state index in [1.807, 2.05) is 78.9 Å². The molecular weight excluding hydrogens is 366 g/mol. The van der Waals surface area contributed by atoms with Crippen LogP contribution >= 0.6 is 0 Å². The van der Waals surface area contributed by atoms with Crippen molar-refractivity contribution in [3.05, 3.63) is 95.6 Å². The summed E-state index contributed by atoms with van der Waals surface area (Å²) in [6.07, 6.45) is 0. The molecule has 29 heavy (non-hydrogen) atoms. The quantitative estimate of drug-likeness (QED) is 0.258. The number of oxime groups is 1. The van der Waals surface area contributed by atoms with Crippen LogP contribution in [0.25, 0.3) is 0 Å². The molecule has 3 aromatic carbocycles. The summed E-state index contributed by atoms with van der Waals surface area (Å²) in [5.41, 5.74) is 2.39. The van der Waals surface area contributed by atoms with Crippen LogP contribution in [-0.4, -0.2) is 31.7 Å². The van der Waals surface area contributed by atoms with Gasteiger partial charge in [0.25, 0.3) is 0 Å². The summed E-state index contributed by atoms with van der Waals surface area (Å²) in [5, 5.41) is 12.4. The molecule has 1 N–H and O–H groups in total. The standard InChI is InChI=1S/C24H25NO4/c1-18(25-26)17-29-24(19-7-5-4-6-8-19,20-9-13-22(27-2)14-10-20)21-11-15-23(28-3)16-12-21/h4-16,26H,17H2,1-3H3. The maximum Gasteiger partial charge on any atom is 0.144 e. The molecule has 0 aliphatic carbocycles. The van der Waals surface area contributed by atoms with Gasteiger partial charge in [-0.2, -0.15) is 0 Å². The Morgan fingerprint density at radius 3 is 1.62 bits per heavy atom. The van der Waals surface area contributed by atoms with Gasteiger partial charge in [0.05, 0.1) is 26.5 Å². The molecule has 0 saturated carbocycles. The molecule has 150 valence electrons. The molecule has 0 fully saturated rings. The zero-order chi connectivity index (χ0) is 20.7. The van der Waals surface area contributed by atoms with E-state index in [4.69, 9.17) is 19.4 Å². The number of hydrogen-bond donors (Lipinski definition) is 1. The van der Waals surface area contributed by atoms with Crippen molar-refractivity contribution in [1.82, 2.24) is 0 Å². The van der Waals surface area contributed by atoms with Gasteiger partial charge in [0.2, 0.25) is 0 Å². The molecular formula is C24H25NO4. The second-order valence-corrected chi connectivity index (χ2v) is 6.63. The second-order valence-electron chi connectivity index (χ2n) is 6.63. The monoisotopic (exact) mass is 391 g/mol. The third-order valence-corrected chi connectivity index (χ3v) is 4.84. The summed E-state index contributed by atoms with van der Waals surface area (Å²) < 4.78 is 17.2. The van der Waals surface area contributed by atoms with E-state index in [1.165, 1.54) is 0 Å². The fraction of sp³-hybridized carbons (Fsp3) is 0.208. The largest absolute Gasteiger partial charge is 0.497 e. The molecule has 0 bridgehead atoms. The van der Waals surface area contributed by atoms with Gasteiger partial charge in [-0.1, -0.05) is 59.8 Å². The van der Waals surface area contributed by atoms with Crippen LogP contribution in [0.4, 0.5) is 0 Å². The van der Waals surface area contributed by atoms with Crippen molar-refractivity contribution in [3.63, 3.8) is 0 Å². The fourth-order valence-electron chi connectivity index (χ4n) is 3.32. The lowest BCUT2D eigenvalue weighted by atomic mass is 9.80. The smallest absolute Gasteiger partial charge is 0.144 e. The molecule has 0 aliphatic heterocycles. The van der Waals surface area contributed by atoms with E-state index in [0.29, 0.717) is 5.71 Å². The van der Waals surface area contributed by atoms with Crippen LogP contribution in [0.2, 0.25) is 0 Å². The van der Waals surface area contributed by atoms with Gasteiger partial charge in [0, 0.05) is 0 Å². The average Bonchev–Trinajstić information content (AvgIpc) is 2.80. The van der Waals surface area contributed by atoms with Gasteiger partial charge in [0.15, 0.2) is 0 Å². The predicted octanol–water partition coefficient (Wildman–Crippen LogP) is 4.86. The minimum absolute atomic E-state index is 0.156. The van der Waals surface area contributed by atoms with Gasteiger partial charge in [-0.3, -0.25) is 0 Å². The van der Waals surface area contributed by atoms with E-state index in [9.17, 15) is 0 Å². The van der Waals surface area contributed by atoms with Gasteiger partial charge in [-0.05, 0) is 47.9 Å². The first-order valence-corrected chi connectivity index (χ1v) is 9.30. The van der Waals surface area contributed by atoms with Crippen LogP contribution in [0.15, 0.2) is 84.0 Å². The van der Waals surface area contributed by atoms with Crippen molar-refractivity contribution in [2.75, 3.05) is 20.8 Å². The molecule has 0 unspecified atom stereocenters. The third kappa shape index (κ3) is 4.25. The maximum absolute atomic E-state index is 9.15. The van der Waals surface area contributed by atoms with Crippen molar-refractivity contribution >= 4 is 5.71 Å². The van der Waals surface area contributed by atoms with E-state index in [-0.39, 0.29) is 6.61 Å². The highest BCUT2D eigenvalue weighted by molar-refractivity contribution is 5.82. The molecule has 0 amide bonds. The van der Waals surface area contributed by atoms with Gasteiger partial charge in [0.1, 0.15) is 17.1 Å². The Balaban J connectivity index is 2.24. The summed E-state index contributed by atoms with van der Waals surface area (Å²) in [5.74, 6) is 1.53. The molecule has 0 aliphatic rings. The van der Waals surface area contributed by atoms with Crippen molar-refractivity contribution < 1.29 is 19.4 Å². The molecule has 5 nitrogen and oxygen atoms in total. The first kappa shape index (κ1) is 20.4. The van der Waals surface area contributed by atoms with E-state index in [1.54, 1.807) is 21.1 Å². The van der Waals surface area contributed by atoms with Gasteiger partial charge in [-0.15, -0.1) is 0 Å².